The van der Waals surface area contributed by atoms with Gasteiger partial charge in [-0.15, -0.1) is 23.1 Å². The highest BCUT2D eigenvalue weighted by Gasteiger charge is 2.55. The van der Waals surface area contributed by atoms with E-state index >= 15 is 0 Å². The number of carbonyl (C=O) groups excluding carboxylic acids is 4. The van der Waals surface area contributed by atoms with Crippen LogP contribution >= 0.6 is 45.7 Å². The maximum atomic E-state index is 14.7. The van der Waals surface area contributed by atoms with Gasteiger partial charge in [-0.2, -0.15) is 0 Å². The molecule has 2 atom stereocenters. The number of alkyl halides is 1. The second-order valence-corrected chi connectivity index (χ2v) is 20.3. The third-order valence-electron chi connectivity index (χ3n) is 11.3. The predicted octanol–water partition coefficient (Wildman–Crippen LogP) is 9.81. The molecular weight excluding hydrogens is 1010 g/mol. The van der Waals surface area contributed by atoms with Crippen molar-refractivity contribution >= 4 is 80.3 Å². The Bertz CT molecular complexity index is 2680. The molecule has 0 spiro atoms. The van der Waals surface area contributed by atoms with Gasteiger partial charge in [0.25, 0.3) is 11.8 Å². The number of thiazole rings is 1. The summed E-state index contributed by atoms with van der Waals surface area (Å²) in [6, 6.07) is 47.9. The lowest BCUT2D eigenvalue weighted by molar-refractivity contribution is -0.179. The number of esters is 2. The summed E-state index contributed by atoms with van der Waals surface area (Å²) in [5, 5.41) is 12.4. The fraction of sp³-hybridized carbons (Fsp3) is 0.245. The number of carbonyl (C=O) groups is 4. The normalized spacial score (nSPS) is 16.4. The van der Waals surface area contributed by atoms with Crippen LogP contribution in [0.5, 0.6) is 0 Å². The van der Waals surface area contributed by atoms with Gasteiger partial charge in [-0.3, -0.25) is 14.5 Å². The first-order valence-electron chi connectivity index (χ1n) is 21.9. The van der Waals surface area contributed by atoms with Gasteiger partial charge in [0.1, 0.15) is 33.9 Å². The Kier molecular flexibility index (Phi) is 14.5. The minimum atomic E-state index is -1.63. The van der Waals surface area contributed by atoms with Crippen molar-refractivity contribution in [1.29, 1.82) is 0 Å². The SMILES string of the molecule is CC(C)(C)OC(=O)C(C)(C)ON=C(C(=O)NC1C(=O)N2C(C(=O)OC(c3ccccc3)c3ccccc3)=C(CI)CS[C@@H]12)c1csc(NC(c2ccccc2)(c2ccccc2)c2ccccc2)n1. The number of aromatic nitrogens is 1. The number of hydrogen-bond acceptors (Lipinski definition) is 12. The number of fused-ring (bicyclic) bond motifs is 1. The molecular formula is C53H50IN5O7S2. The molecule has 15 heteroatoms. The molecule has 0 bridgehead atoms. The van der Waals surface area contributed by atoms with Crippen molar-refractivity contribution in [3.05, 3.63) is 202 Å². The van der Waals surface area contributed by atoms with Gasteiger partial charge >= 0.3 is 11.9 Å². The highest BCUT2D eigenvalue weighted by Crippen LogP contribution is 2.43. The van der Waals surface area contributed by atoms with Crippen molar-refractivity contribution in [3.63, 3.8) is 0 Å². The predicted molar refractivity (Wildman–Crippen MR) is 274 cm³/mol. The van der Waals surface area contributed by atoms with Gasteiger partial charge in [-0.25, -0.2) is 14.6 Å². The number of amides is 2. The number of hydrogen-bond donors (Lipinski definition) is 2. The lowest BCUT2D eigenvalue weighted by atomic mass is 9.77. The van der Waals surface area contributed by atoms with E-state index in [0.29, 0.717) is 15.3 Å². The average Bonchev–Trinajstić information content (AvgIpc) is 3.82. The molecule has 0 radical (unpaired) electrons. The van der Waals surface area contributed by atoms with Crippen molar-refractivity contribution in [2.75, 3.05) is 15.5 Å². The maximum absolute atomic E-state index is 14.7. The summed E-state index contributed by atoms with van der Waals surface area (Å²) in [7, 11) is 0. The van der Waals surface area contributed by atoms with Crippen molar-refractivity contribution < 1.29 is 33.5 Å². The van der Waals surface area contributed by atoms with Crippen LogP contribution in [0.4, 0.5) is 5.13 Å². The van der Waals surface area contributed by atoms with Crippen LogP contribution in [0.25, 0.3) is 0 Å². The standard InChI is InChI=1S/C53H50IN5O7S2/c1-51(2,3)65-49(63)52(4,5)66-58-41(40-33-68-50(55-40)57-53(37-25-15-8-16-26-37,38-27-17-9-18-28-38)39-29-19-10-20-30-39)45(60)56-42-46(61)59-43(36(31-54)32-67-47(42)59)48(62)64-44(34-21-11-6-12-22-34)35-23-13-7-14-24-35/h6-30,33,42,44,47H,31-32H2,1-5H3,(H,55,57)(H,56,60)/t42?,47-/m0/s1. The zero-order chi connectivity index (χ0) is 48.1. The van der Waals surface area contributed by atoms with Gasteiger partial charge in [-0.05, 0) is 68.0 Å². The molecule has 2 aliphatic rings. The quantitative estimate of drug-likeness (QED) is 0.0183. The Labute approximate surface area is 417 Å². The van der Waals surface area contributed by atoms with E-state index in [9.17, 15) is 19.2 Å². The number of β-lactam (4-membered cyclic amide) rings is 1. The molecule has 1 aromatic heterocycles. The van der Waals surface area contributed by atoms with E-state index in [2.05, 4.69) is 38.4 Å². The van der Waals surface area contributed by atoms with Crippen LogP contribution in [0.1, 0.15) is 74.2 Å². The molecule has 2 N–H and O–H groups in total. The van der Waals surface area contributed by atoms with Gasteiger partial charge in [0.05, 0.1) is 0 Å². The molecule has 0 saturated carbocycles. The van der Waals surface area contributed by atoms with Crippen molar-refractivity contribution in [2.24, 2.45) is 5.16 Å². The molecule has 2 amide bonds. The minimum absolute atomic E-state index is 0.127. The van der Waals surface area contributed by atoms with E-state index in [4.69, 9.17) is 19.3 Å². The lowest BCUT2D eigenvalue weighted by Gasteiger charge is -2.49. The molecule has 1 saturated heterocycles. The second-order valence-electron chi connectivity index (χ2n) is 17.6. The summed E-state index contributed by atoms with van der Waals surface area (Å²) < 4.78 is 12.4. The highest BCUT2D eigenvalue weighted by molar-refractivity contribution is 14.1. The van der Waals surface area contributed by atoms with Crippen molar-refractivity contribution in [1.82, 2.24) is 15.2 Å². The molecule has 1 unspecified atom stereocenters. The first-order valence-corrected chi connectivity index (χ1v) is 25.4. The molecule has 6 aromatic rings. The fourth-order valence-corrected chi connectivity index (χ4v) is 11.0. The van der Waals surface area contributed by atoms with E-state index in [1.54, 1.807) is 26.2 Å². The van der Waals surface area contributed by atoms with Crippen LogP contribution in [0, 0.1) is 0 Å². The van der Waals surface area contributed by atoms with E-state index < -0.39 is 58.0 Å². The minimum Gasteiger partial charge on any atom is -0.457 e. The first kappa shape index (κ1) is 48.2. The molecule has 2 aliphatic heterocycles. The molecule has 348 valence electrons. The van der Waals surface area contributed by atoms with E-state index in [0.717, 1.165) is 33.4 Å². The Morgan fingerprint density at radius 3 is 1.76 bits per heavy atom. The van der Waals surface area contributed by atoms with E-state index in [-0.39, 0.29) is 17.1 Å². The number of benzene rings is 5. The molecule has 1 fully saturated rings. The van der Waals surface area contributed by atoms with Crippen LogP contribution in [0.3, 0.4) is 0 Å². The molecule has 3 heterocycles. The summed E-state index contributed by atoms with van der Waals surface area (Å²) in [6.45, 7) is 8.20. The van der Waals surface area contributed by atoms with Crippen LogP contribution in [-0.4, -0.2) is 72.1 Å². The highest BCUT2D eigenvalue weighted by atomic mass is 127. The van der Waals surface area contributed by atoms with Crippen molar-refractivity contribution in [3.8, 4) is 0 Å². The zero-order valence-corrected chi connectivity index (χ0v) is 41.8. The van der Waals surface area contributed by atoms with Gasteiger partial charge in [0.15, 0.2) is 16.9 Å². The first-order chi connectivity index (χ1) is 32.7. The summed E-state index contributed by atoms with van der Waals surface area (Å²) >= 11 is 4.87. The topological polar surface area (TPSA) is 149 Å². The summed E-state index contributed by atoms with van der Waals surface area (Å²) in [6.07, 6.45) is -0.729. The largest absolute Gasteiger partial charge is 0.457 e. The number of oxime groups is 1. The number of nitrogens with zero attached hydrogens (tertiary/aromatic N) is 3. The average molecular weight is 1060 g/mol. The monoisotopic (exact) mass is 1060 g/mol. The third-order valence-corrected chi connectivity index (χ3v) is 14.3. The van der Waals surface area contributed by atoms with E-state index in [1.165, 1.54) is 41.8 Å². The molecule has 0 aliphatic carbocycles. The Balaban J connectivity index is 1.10. The van der Waals surface area contributed by atoms with Crippen molar-refractivity contribution in [2.45, 2.75) is 68.9 Å². The van der Waals surface area contributed by atoms with Crippen LogP contribution < -0.4 is 10.6 Å². The zero-order valence-electron chi connectivity index (χ0n) is 38.1. The molecule has 5 aromatic carbocycles. The van der Waals surface area contributed by atoms with Crippen LogP contribution in [-0.2, 0) is 39.0 Å². The summed E-state index contributed by atoms with van der Waals surface area (Å²) in [4.78, 5) is 68.8. The number of thioether (sulfide) groups is 1. The Hall–Kier alpha value is -6.30. The maximum Gasteiger partial charge on any atom is 0.356 e. The number of anilines is 1. The number of halogens is 1. The molecule has 12 nitrogen and oxygen atoms in total. The summed E-state index contributed by atoms with van der Waals surface area (Å²) in [5.74, 6) is -2.18. The van der Waals surface area contributed by atoms with Crippen LogP contribution in [0.15, 0.2) is 173 Å². The lowest BCUT2D eigenvalue weighted by Crippen LogP contribution is -2.71. The molecule has 8 rings (SSSR count). The molecule has 68 heavy (non-hydrogen) atoms. The smallest absolute Gasteiger partial charge is 0.356 e. The Morgan fingerprint density at radius 1 is 0.779 bits per heavy atom. The number of rotatable bonds is 16. The van der Waals surface area contributed by atoms with E-state index in [1.807, 2.05) is 152 Å². The van der Waals surface area contributed by atoms with Gasteiger partial charge < -0.3 is 24.9 Å². The van der Waals surface area contributed by atoms with Gasteiger partial charge in [-0.1, -0.05) is 179 Å². The van der Waals surface area contributed by atoms with Gasteiger partial charge in [0, 0.05) is 15.6 Å². The fourth-order valence-electron chi connectivity index (χ4n) is 7.92. The third kappa shape index (κ3) is 10.2. The number of ether oxygens (including phenoxy) is 2. The summed E-state index contributed by atoms with van der Waals surface area (Å²) in [5.41, 5.74) is 1.77. The van der Waals surface area contributed by atoms with Crippen LogP contribution in [0.2, 0.25) is 0 Å². The van der Waals surface area contributed by atoms with Gasteiger partial charge in [0.2, 0.25) is 5.60 Å². The number of nitrogens with one attached hydrogen (secondary N) is 2. The Morgan fingerprint density at radius 2 is 1.28 bits per heavy atom. The second kappa shape index (κ2) is 20.5.